The van der Waals surface area contributed by atoms with Crippen LogP contribution in [0.5, 0.6) is 0 Å². The van der Waals surface area contributed by atoms with Gasteiger partial charge in [-0.1, -0.05) is 34.1 Å². The van der Waals surface area contributed by atoms with Gasteiger partial charge in [-0.05, 0) is 48.7 Å². The third-order valence-corrected chi connectivity index (χ3v) is 5.15. The standard InChI is InChI=1S/C19H20BrFN2O/c20-18-4-2-1-3-15(18)13-23-11-9-17(10-12-23)22-19(24)14-5-7-16(21)8-6-14/h1-8,17H,9-13H2,(H,22,24). The van der Waals surface area contributed by atoms with Crippen molar-refractivity contribution in [2.24, 2.45) is 0 Å². The van der Waals surface area contributed by atoms with Gasteiger partial charge in [-0.25, -0.2) is 4.39 Å². The van der Waals surface area contributed by atoms with Crippen molar-refractivity contribution in [2.75, 3.05) is 13.1 Å². The zero-order valence-electron chi connectivity index (χ0n) is 13.3. The molecule has 3 rings (SSSR count). The summed E-state index contributed by atoms with van der Waals surface area (Å²) in [7, 11) is 0. The van der Waals surface area contributed by atoms with Crippen LogP contribution in [0.2, 0.25) is 0 Å². The maximum atomic E-state index is 12.9. The largest absolute Gasteiger partial charge is 0.349 e. The van der Waals surface area contributed by atoms with Gasteiger partial charge in [-0.3, -0.25) is 9.69 Å². The van der Waals surface area contributed by atoms with E-state index < -0.39 is 0 Å². The highest BCUT2D eigenvalue weighted by atomic mass is 79.9. The third-order valence-electron chi connectivity index (χ3n) is 4.38. The summed E-state index contributed by atoms with van der Waals surface area (Å²) in [6.45, 7) is 2.82. The molecule has 1 saturated heterocycles. The van der Waals surface area contributed by atoms with Gasteiger partial charge in [0.15, 0.2) is 0 Å². The normalized spacial score (nSPS) is 16.1. The number of halogens is 2. The van der Waals surface area contributed by atoms with Crippen molar-refractivity contribution in [2.45, 2.75) is 25.4 Å². The van der Waals surface area contributed by atoms with Crippen molar-refractivity contribution in [1.29, 1.82) is 0 Å². The maximum Gasteiger partial charge on any atom is 0.251 e. The highest BCUT2D eigenvalue weighted by Gasteiger charge is 2.21. The van der Waals surface area contributed by atoms with Crippen LogP contribution in [0.3, 0.4) is 0 Å². The molecule has 126 valence electrons. The number of nitrogens with one attached hydrogen (secondary N) is 1. The van der Waals surface area contributed by atoms with E-state index in [9.17, 15) is 9.18 Å². The summed E-state index contributed by atoms with van der Waals surface area (Å²) in [5.74, 6) is -0.453. The van der Waals surface area contributed by atoms with Crippen LogP contribution < -0.4 is 5.32 Å². The molecular formula is C19H20BrFN2O. The van der Waals surface area contributed by atoms with Crippen molar-refractivity contribution in [3.8, 4) is 0 Å². The van der Waals surface area contributed by atoms with E-state index in [1.807, 2.05) is 6.07 Å². The minimum atomic E-state index is -0.327. The summed E-state index contributed by atoms with van der Waals surface area (Å²) in [6, 6.07) is 14.1. The molecule has 1 aliphatic heterocycles. The first-order chi connectivity index (χ1) is 11.6. The summed E-state index contributed by atoms with van der Waals surface area (Å²) < 4.78 is 14.1. The van der Waals surface area contributed by atoms with Crippen molar-refractivity contribution < 1.29 is 9.18 Å². The van der Waals surface area contributed by atoms with Crippen molar-refractivity contribution in [1.82, 2.24) is 10.2 Å². The van der Waals surface area contributed by atoms with Crippen LogP contribution in [0.15, 0.2) is 53.0 Å². The van der Waals surface area contributed by atoms with Crippen molar-refractivity contribution >= 4 is 21.8 Å². The molecule has 24 heavy (non-hydrogen) atoms. The quantitative estimate of drug-likeness (QED) is 0.855. The molecule has 1 amide bonds. The molecule has 1 fully saturated rings. The molecule has 5 heteroatoms. The molecule has 0 saturated carbocycles. The molecule has 0 aromatic heterocycles. The first-order valence-electron chi connectivity index (χ1n) is 8.14. The Hall–Kier alpha value is -1.72. The van der Waals surface area contributed by atoms with Gasteiger partial charge in [0.05, 0.1) is 0 Å². The minimum Gasteiger partial charge on any atom is -0.349 e. The average molecular weight is 391 g/mol. The van der Waals surface area contributed by atoms with Gasteiger partial charge < -0.3 is 5.32 Å². The number of likely N-dealkylation sites (tertiary alicyclic amines) is 1. The monoisotopic (exact) mass is 390 g/mol. The van der Waals surface area contributed by atoms with Crippen LogP contribution in [0.1, 0.15) is 28.8 Å². The van der Waals surface area contributed by atoms with Gasteiger partial charge in [0.25, 0.3) is 5.91 Å². The van der Waals surface area contributed by atoms with Crippen LogP contribution in [-0.4, -0.2) is 29.9 Å². The lowest BCUT2D eigenvalue weighted by molar-refractivity contribution is 0.0909. The Bertz CT molecular complexity index is 697. The Kier molecular flexibility index (Phi) is 5.63. The number of carbonyl (C=O) groups excluding carboxylic acids is 1. The Balaban J connectivity index is 1.49. The van der Waals surface area contributed by atoms with Crippen molar-refractivity contribution in [3.05, 3.63) is 69.9 Å². The number of benzene rings is 2. The molecule has 0 aliphatic carbocycles. The Morgan fingerprint density at radius 3 is 2.46 bits per heavy atom. The second-order valence-electron chi connectivity index (χ2n) is 6.12. The number of nitrogens with zero attached hydrogens (tertiary/aromatic N) is 1. The number of hydrogen-bond acceptors (Lipinski definition) is 2. The highest BCUT2D eigenvalue weighted by molar-refractivity contribution is 9.10. The van der Waals surface area contributed by atoms with Crippen LogP contribution in [0, 0.1) is 5.82 Å². The molecule has 2 aromatic rings. The van der Waals surface area contributed by atoms with E-state index >= 15 is 0 Å². The van der Waals surface area contributed by atoms with E-state index in [1.165, 1.54) is 29.8 Å². The van der Waals surface area contributed by atoms with E-state index in [0.29, 0.717) is 5.56 Å². The summed E-state index contributed by atoms with van der Waals surface area (Å²) in [5, 5.41) is 3.05. The molecule has 1 heterocycles. The molecule has 1 aliphatic rings. The Labute approximate surface area is 150 Å². The van der Waals surface area contributed by atoms with Crippen LogP contribution in [0.4, 0.5) is 4.39 Å². The molecular weight excluding hydrogens is 371 g/mol. The Morgan fingerprint density at radius 1 is 1.12 bits per heavy atom. The highest BCUT2D eigenvalue weighted by Crippen LogP contribution is 2.20. The number of hydrogen-bond donors (Lipinski definition) is 1. The predicted molar refractivity (Wildman–Crippen MR) is 96.3 cm³/mol. The summed E-state index contributed by atoms with van der Waals surface area (Å²) in [5.41, 5.74) is 1.79. The van der Waals surface area contributed by atoms with Crippen LogP contribution in [-0.2, 0) is 6.54 Å². The number of carbonyl (C=O) groups is 1. The summed E-state index contributed by atoms with van der Waals surface area (Å²) >= 11 is 3.59. The fourth-order valence-electron chi connectivity index (χ4n) is 2.97. The van der Waals surface area contributed by atoms with Gasteiger partial charge in [0.2, 0.25) is 0 Å². The van der Waals surface area contributed by atoms with Crippen molar-refractivity contribution in [3.63, 3.8) is 0 Å². The molecule has 0 atom stereocenters. The third kappa shape index (κ3) is 4.42. The lowest BCUT2D eigenvalue weighted by atomic mass is 10.0. The van der Waals surface area contributed by atoms with E-state index in [2.05, 4.69) is 44.3 Å². The minimum absolute atomic E-state index is 0.126. The lowest BCUT2D eigenvalue weighted by Crippen LogP contribution is -2.44. The predicted octanol–water partition coefficient (Wildman–Crippen LogP) is 3.98. The fourth-order valence-corrected chi connectivity index (χ4v) is 3.38. The second kappa shape index (κ2) is 7.90. The van der Waals surface area contributed by atoms with Crippen LogP contribution in [0.25, 0.3) is 0 Å². The lowest BCUT2D eigenvalue weighted by Gasteiger charge is -2.32. The van der Waals surface area contributed by atoms with Gasteiger partial charge in [-0.2, -0.15) is 0 Å². The first kappa shape index (κ1) is 17.1. The van der Waals surface area contributed by atoms with Gasteiger partial charge in [0, 0.05) is 35.7 Å². The van der Waals surface area contributed by atoms with Gasteiger partial charge in [0.1, 0.15) is 5.82 Å². The smallest absolute Gasteiger partial charge is 0.251 e. The average Bonchev–Trinajstić information content (AvgIpc) is 2.59. The molecule has 0 radical (unpaired) electrons. The molecule has 0 unspecified atom stereocenters. The topological polar surface area (TPSA) is 32.3 Å². The van der Waals surface area contributed by atoms with Crippen LogP contribution >= 0.6 is 15.9 Å². The zero-order chi connectivity index (χ0) is 16.9. The molecule has 2 aromatic carbocycles. The maximum absolute atomic E-state index is 12.9. The Morgan fingerprint density at radius 2 is 1.79 bits per heavy atom. The first-order valence-corrected chi connectivity index (χ1v) is 8.93. The van der Waals surface area contributed by atoms with E-state index in [1.54, 1.807) is 0 Å². The van der Waals surface area contributed by atoms with E-state index in [-0.39, 0.29) is 17.8 Å². The zero-order valence-corrected chi connectivity index (χ0v) is 14.9. The molecule has 1 N–H and O–H groups in total. The molecule has 0 bridgehead atoms. The summed E-state index contributed by atoms with van der Waals surface area (Å²) in [6.07, 6.45) is 1.86. The molecule has 0 spiro atoms. The van der Waals surface area contributed by atoms with Gasteiger partial charge in [-0.15, -0.1) is 0 Å². The number of amides is 1. The fraction of sp³-hybridized carbons (Fsp3) is 0.316. The van der Waals surface area contributed by atoms with Gasteiger partial charge >= 0.3 is 0 Å². The number of piperidine rings is 1. The van der Waals surface area contributed by atoms with E-state index in [4.69, 9.17) is 0 Å². The SMILES string of the molecule is O=C(NC1CCN(Cc2ccccc2Br)CC1)c1ccc(F)cc1. The van der Waals surface area contributed by atoms with E-state index in [0.717, 1.165) is 36.9 Å². The second-order valence-corrected chi connectivity index (χ2v) is 6.98. The summed E-state index contributed by atoms with van der Waals surface area (Å²) in [4.78, 5) is 14.6. The number of rotatable bonds is 4. The molecule has 3 nitrogen and oxygen atoms in total.